The highest BCUT2D eigenvalue weighted by Gasteiger charge is 2.18. The Morgan fingerprint density at radius 1 is 1.17 bits per heavy atom. The van der Waals surface area contributed by atoms with Crippen molar-refractivity contribution < 1.29 is 13.9 Å². The lowest BCUT2D eigenvalue weighted by Gasteiger charge is -2.10. The third kappa shape index (κ3) is 3.05. The normalized spacial score (nSPS) is 10.7. The van der Waals surface area contributed by atoms with Crippen molar-refractivity contribution in [3.8, 4) is 17.1 Å². The molecule has 2 N–H and O–H groups in total. The third-order valence-corrected chi connectivity index (χ3v) is 3.44. The first-order valence-electron chi connectivity index (χ1n) is 6.79. The number of primary amides is 1. The molecule has 1 heterocycles. The highest BCUT2D eigenvalue weighted by atomic mass is 35.5. The van der Waals surface area contributed by atoms with Gasteiger partial charge in [0.1, 0.15) is 5.58 Å². The Hall–Kier alpha value is -2.79. The molecule has 0 radical (unpaired) electrons. The fourth-order valence-electron chi connectivity index (χ4n) is 2.20. The molecule has 5 nitrogen and oxygen atoms in total. The van der Waals surface area contributed by atoms with Crippen LogP contribution in [0.15, 0.2) is 57.7 Å². The van der Waals surface area contributed by atoms with Gasteiger partial charge >= 0.3 is 0 Å². The van der Waals surface area contributed by atoms with E-state index >= 15 is 0 Å². The Morgan fingerprint density at radius 3 is 2.61 bits per heavy atom. The van der Waals surface area contributed by atoms with Crippen molar-refractivity contribution in [2.75, 3.05) is 6.61 Å². The molecule has 0 spiro atoms. The number of halogens is 1. The van der Waals surface area contributed by atoms with Crippen LogP contribution in [0.25, 0.3) is 22.3 Å². The van der Waals surface area contributed by atoms with Crippen molar-refractivity contribution in [3.05, 3.63) is 63.8 Å². The maximum Gasteiger partial charge on any atom is 0.255 e. The second kappa shape index (κ2) is 6.14. The van der Waals surface area contributed by atoms with Crippen molar-refractivity contribution in [2.24, 2.45) is 5.73 Å². The zero-order valence-corrected chi connectivity index (χ0v) is 12.7. The van der Waals surface area contributed by atoms with Crippen LogP contribution in [-0.4, -0.2) is 12.5 Å². The Balaban J connectivity index is 2.28. The number of nitrogens with two attached hydrogens (primary N) is 1. The molecule has 0 aliphatic heterocycles. The summed E-state index contributed by atoms with van der Waals surface area (Å²) < 4.78 is 11.1. The first kappa shape index (κ1) is 15.1. The first-order valence-corrected chi connectivity index (χ1v) is 7.17. The minimum absolute atomic E-state index is 0.0650. The van der Waals surface area contributed by atoms with Crippen molar-refractivity contribution in [2.45, 2.75) is 0 Å². The van der Waals surface area contributed by atoms with Crippen molar-refractivity contribution in [3.63, 3.8) is 0 Å². The van der Waals surface area contributed by atoms with Gasteiger partial charge in [-0.15, -0.1) is 0 Å². The number of fused-ring (bicyclic) bond motifs is 1. The Labute approximate surface area is 136 Å². The number of amides is 1. The van der Waals surface area contributed by atoms with Crippen LogP contribution in [-0.2, 0) is 4.79 Å². The van der Waals surface area contributed by atoms with Gasteiger partial charge in [0.15, 0.2) is 12.4 Å². The van der Waals surface area contributed by atoms with Crippen LogP contribution < -0.4 is 15.9 Å². The fraction of sp³-hybridized carbons (Fsp3) is 0.0588. The molecule has 0 saturated carbocycles. The predicted molar refractivity (Wildman–Crippen MR) is 87.6 cm³/mol. The molecule has 6 heteroatoms. The van der Waals surface area contributed by atoms with Gasteiger partial charge in [-0.1, -0.05) is 41.9 Å². The summed E-state index contributed by atoms with van der Waals surface area (Å²) >= 11 is 5.93. The summed E-state index contributed by atoms with van der Waals surface area (Å²) in [6.07, 6.45) is 0. The molecule has 0 saturated heterocycles. The summed E-state index contributed by atoms with van der Waals surface area (Å²) in [5.74, 6) is -0.508. The fourth-order valence-corrected chi connectivity index (χ4v) is 2.38. The van der Waals surface area contributed by atoms with Gasteiger partial charge in [-0.2, -0.15) is 0 Å². The molecular formula is C17H12ClNO4. The SMILES string of the molecule is NC(=O)COc1c(-c2ccccc2)oc2ccc(Cl)cc2c1=O. The number of ether oxygens (including phenoxy) is 1. The van der Waals surface area contributed by atoms with Gasteiger partial charge in [0, 0.05) is 10.6 Å². The molecule has 2 aromatic carbocycles. The number of rotatable bonds is 4. The Kier molecular flexibility index (Phi) is 4.04. The summed E-state index contributed by atoms with van der Waals surface area (Å²) in [7, 11) is 0. The van der Waals surface area contributed by atoms with Gasteiger partial charge in [-0.3, -0.25) is 9.59 Å². The minimum atomic E-state index is -0.686. The summed E-state index contributed by atoms with van der Waals surface area (Å²) in [5, 5.41) is 0.676. The summed E-state index contributed by atoms with van der Waals surface area (Å²) in [6.45, 7) is -0.420. The molecule has 1 aromatic heterocycles. The number of carbonyl (C=O) groups is 1. The molecule has 0 unspecified atom stereocenters. The van der Waals surface area contributed by atoms with E-state index in [4.69, 9.17) is 26.5 Å². The molecule has 0 aliphatic carbocycles. The standard InChI is InChI=1S/C17H12ClNO4/c18-11-6-7-13-12(8-11)15(21)17(22-9-14(19)20)16(23-13)10-4-2-1-3-5-10/h1-8H,9H2,(H2,19,20). The van der Waals surface area contributed by atoms with Gasteiger partial charge in [0.25, 0.3) is 5.91 Å². The van der Waals surface area contributed by atoms with E-state index in [1.807, 2.05) is 6.07 Å². The third-order valence-electron chi connectivity index (χ3n) is 3.21. The molecular weight excluding hydrogens is 318 g/mol. The lowest BCUT2D eigenvalue weighted by Crippen LogP contribution is -2.22. The van der Waals surface area contributed by atoms with Crippen LogP contribution in [0.5, 0.6) is 5.75 Å². The van der Waals surface area contributed by atoms with E-state index in [-0.39, 0.29) is 16.9 Å². The molecule has 1 amide bonds. The van der Waals surface area contributed by atoms with E-state index in [1.165, 1.54) is 6.07 Å². The van der Waals surface area contributed by atoms with Gasteiger partial charge in [-0.05, 0) is 18.2 Å². The summed E-state index contributed by atoms with van der Waals surface area (Å²) in [5.41, 5.74) is 5.72. The average Bonchev–Trinajstić information content (AvgIpc) is 2.55. The number of benzene rings is 2. The van der Waals surface area contributed by atoms with Crippen LogP contribution in [0, 0.1) is 0 Å². The molecule has 23 heavy (non-hydrogen) atoms. The van der Waals surface area contributed by atoms with Crippen molar-refractivity contribution in [1.82, 2.24) is 0 Å². The van der Waals surface area contributed by atoms with Crippen LogP contribution in [0.3, 0.4) is 0 Å². The smallest absolute Gasteiger partial charge is 0.255 e. The Morgan fingerprint density at radius 2 is 1.91 bits per heavy atom. The summed E-state index contributed by atoms with van der Waals surface area (Å²) in [6, 6.07) is 13.7. The second-order valence-corrected chi connectivity index (χ2v) is 5.29. The maximum absolute atomic E-state index is 12.7. The predicted octanol–water partition coefficient (Wildman–Crippen LogP) is 2.98. The Bertz CT molecular complexity index is 934. The average molecular weight is 330 g/mol. The van der Waals surface area contributed by atoms with E-state index < -0.39 is 17.9 Å². The van der Waals surface area contributed by atoms with Crippen LogP contribution >= 0.6 is 11.6 Å². The van der Waals surface area contributed by atoms with Gasteiger partial charge in [0.05, 0.1) is 5.39 Å². The quantitative estimate of drug-likeness (QED) is 0.797. The number of hydrogen-bond donors (Lipinski definition) is 1. The van der Waals surface area contributed by atoms with Gasteiger partial charge in [0.2, 0.25) is 11.2 Å². The lowest BCUT2D eigenvalue weighted by molar-refractivity contribution is -0.119. The van der Waals surface area contributed by atoms with E-state index in [9.17, 15) is 9.59 Å². The molecule has 0 atom stereocenters. The largest absolute Gasteiger partial charge is 0.476 e. The lowest BCUT2D eigenvalue weighted by atomic mass is 10.1. The van der Waals surface area contributed by atoms with Crippen molar-refractivity contribution in [1.29, 1.82) is 0 Å². The van der Waals surface area contributed by atoms with E-state index in [1.54, 1.807) is 36.4 Å². The number of hydrogen-bond acceptors (Lipinski definition) is 4. The highest BCUT2D eigenvalue weighted by Crippen LogP contribution is 2.31. The molecule has 0 aliphatic rings. The minimum Gasteiger partial charge on any atom is -0.476 e. The van der Waals surface area contributed by atoms with Crippen LogP contribution in [0.4, 0.5) is 0 Å². The second-order valence-electron chi connectivity index (χ2n) is 4.85. The van der Waals surface area contributed by atoms with E-state index in [0.29, 0.717) is 16.2 Å². The number of carbonyl (C=O) groups excluding carboxylic acids is 1. The zero-order chi connectivity index (χ0) is 16.4. The van der Waals surface area contributed by atoms with E-state index in [0.717, 1.165) is 0 Å². The molecule has 3 aromatic rings. The first-order chi connectivity index (χ1) is 11.1. The summed E-state index contributed by atoms with van der Waals surface area (Å²) in [4.78, 5) is 23.7. The zero-order valence-electron chi connectivity index (χ0n) is 11.9. The molecule has 3 rings (SSSR count). The maximum atomic E-state index is 12.7. The topological polar surface area (TPSA) is 82.5 Å². The van der Waals surface area contributed by atoms with Crippen LogP contribution in [0.2, 0.25) is 5.02 Å². The monoisotopic (exact) mass is 329 g/mol. The van der Waals surface area contributed by atoms with Gasteiger partial charge < -0.3 is 14.9 Å². The molecule has 0 bridgehead atoms. The molecule has 116 valence electrons. The highest BCUT2D eigenvalue weighted by molar-refractivity contribution is 6.31. The van der Waals surface area contributed by atoms with Gasteiger partial charge in [-0.25, -0.2) is 0 Å². The van der Waals surface area contributed by atoms with Crippen LogP contribution in [0.1, 0.15) is 0 Å². The van der Waals surface area contributed by atoms with Crippen molar-refractivity contribution >= 4 is 28.5 Å². The molecule has 0 fully saturated rings. The van der Waals surface area contributed by atoms with E-state index in [2.05, 4.69) is 0 Å².